The predicted molar refractivity (Wildman–Crippen MR) is 53.3 cm³/mol. The Morgan fingerprint density at radius 3 is 2.40 bits per heavy atom. The molecule has 0 aromatic heterocycles. The molecule has 0 aliphatic carbocycles. The minimum atomic E-state index is 0.279. The van der Waals surface area contributed by atoms with Crippen LogP contribution in [0.25, 0.3) is 0 Å². The second-order valence-corrected chi connectivity index (χ2v) is 7.21. The van der Waals surface area contributed by atoms with E-state index >= 15 is 0 Å². The first kappa shape index (κ1) is 7.76. The molecule has 0 N–H and O–H groups in total. The van der Waals surface area contributed by atoms with Gasteiger partial charge in [-0.25, -0.2) is 0 Å². The molecule has 0 nitrogen and oxygen atoms in total. The number of benzene rings is 1. The van der Waals surface area contributed by atoms with Crippen LogP contribution < -0.4 is 0 Å². The van der Waals surface area contributed by atoms with Crippen molar-refractivity contribution >= 4 is 18.8 Å². The lowest BCUT2D eigenvalue weighted by Gasteiger charge is -2.06. The normalized spacial score (nSPS) is 14.5. The molecule has 0 bridgehead atoms. The third-order valence-corrected chi connectivity index (χ3v) is 7.35. The van der Waals surface area contributed by atoms with Gasteiger partial charge in [-0.1, -0.05) is 37.3 Å². The SMILES string of the molecule is CC([SiH2][SiH3])c1ccccc1. The largest absolute Gasteiger partial charge is 0.0622 e. The fourth-order valence-corrected chi connectivity index (χ4v) is 3.18. The van der Waals surface area contributed by atoms with E-state index in [0.29, 0.717) is 0 Å². The van der Waals surface area contributed by atoms with Gasteiger partial charge in [-0.05, 0) is 20.9 Å². The van der Waals surface area contributed by atoms with Crippen LogP contribution in [0.5, 0.6) is 0 Å². The summed E-state index contributed by atoms with van der Waals surface area (Å²) in [6.45, 7) is 2.36. The zero-order chi connectivity index (χ0) is 7.40. The molecule has 2 heteroatoms. The van der Waals surface area contributed by atoms with E-state index in [-0.39, 0.29) is 9.04 Å². The quantitative estimate of drug-likeness (QED) is 0.551. The second-order valence-electron chi connectivity index (χ2n) is 2.72. The Hall–Kier alpha value is -0.346. The molecule has 0 saturated heterocycles. The highest BCUT2D eigenvalue weighted by Gasteiger charge is 1.99. The van der Waals surface area contributed by atoms with Crippen LogP contribution in [0.2, 0.25) is 0 Å². The maximum Gasteiger partial charge on any atom is 0.0130 e. The second kappa shape index (κ2) is 3.73. The molecule has 1 rings (SSSR count). The first-order chi connectivity index (χ1) is 4.84. The van der Waals surface area contributed by atoms with Crippen molar-refractivity contribution in [1.29, 1.82) is 0 Å². The van der Waals surface area contributed by atoms with Gasteiger partial charge < -0.3 is 0 Å². The molecule has 1 unspecified atom stereocenters. The highest BCUT2D eigenvalue weighted by Crippen LogP contribution is 2.10. The summed E-state index contributed by atoms with van der Waals surface area (Å²) >= 11 is 0. The summed E-state index contributed by atoms with van der Waals surface area (Å²) in [5.74, 6) is 0. The Balaban J connectivity index is 2.75. The van der Waals surface area contributed by atoms with Gasteiger partial charge in [0.2, 0.25) is 0 Å². The highest BCUT2D eigenvalue weighted by atomic mass is 29.1. The van der Waals surface area contributed by atoms with E-state index in [1.54, 1.807) is 5.56 Å². The molecular weight excluding hydrogens is 152 g/mol. The van der Waals surface area contributed by atoms with Crippen molar-refractivity contribution in [3.05, 3.63) is 35.9 Å². The lowest BCUT2D eigenvalue weighted by Crippen LogP contribution is -2.02. The molecule has 1 aromatic carbocycles. The molecule has 0 fully saturated rings. The smallest absolute Gasteiger partial charge is 0.0130 e. The van der Waals surface area contributed by atoms with Gasteiger partial charge >= 0.3 is 0 Å². The molecule has 0 saturated carbocycles. The summed E-state index contributed by atoms with van der Waals surface area (Å²) in [6, 6.07) is 10.9. The average molecular weight is 166 g/mol. The van der Waals surface area contributed by atoms with Gasteiger partial charge in [0.25, 0.3) is 0 Å². The predicted octanol–water partition coefficient (Wildman–Crippen LogP) is 0.197. The van der Waals surface area contributed by atoms with E-state index in [0.717, 1.165) is 5.54 Å². The van der Waals surface area contributed by atoms with Crippen LogP contribution in [-0.2, 0) is 0 Å². The molecule has 0 heterocycles. The Labute approximate surface area is 67.7 Å². The Kier molecular flexibility index (Phi) is 2.90. The fraction of sp³-hybridized carbons (Fsp3) is 0.250. The third kappa shape index (κ3) is 1.82. The molecule has 0 aliphatic rings. The third-order valence-electron chi connectivity index (χ3n) is 1.98. The Morgan fingerprint density at radius 2 is 1.90 bits per heavy atom. The van der Waals surface area contributed by atoms with Gasteiger partial charge in [-0.2, -0.15) is 0 Å². The van der Waals surface area contributed by atoms with E-state index < -0.39 is 0 Å². The van der Waals surface area contributed by atoms with E-state index in [2.05, 4.69) is 37.3 Å². The standard InChI is InChI=1S/C8H14Si2/c1-7(10-9)8-5-3-2-4-6-8/h2-7H,10H2,1,9H3. The Bertz CT molecular complexity index is 184. The molecule has 10 heavy (non-hydrogen) atoms. The maximum atomic E-state index is 2.36. The van der Waals surface area contributed by atoms with E-state index in [1.165, 1.54) is 9.76 Å². The maximum absolute atomic E-state index is 2.36. The summed E-state index contributed by atoms with van der Waals surface area (Å²) in [7, 11) is 1.73. The molecule has 1 aromatic rings. The van der Waals surface area contributed by atoms with Crippen molar-refractivity contribution in [1.82, 2.24) is 0 Å². The zero-order valence-electron chi connectivity index (χ0n) is 6.67. The van der Waals surface area contributed by atoms with Crippen LogP contribution in [0.1, 0.15) is 18.0 Å². The Morgan fingerprint density at radius 1 is 1.30 bits per heavy atom. The van der Waals surface area contributed by atoms with E-state index in [4.69, 9.17) is 0 Å². The van der Waals surface area contributed by atoms with E-state index in [9.17, 15) is 0 Å². The van der Waals surface area contributed by atoms with Crippen LogP contribution in [0.3, 0.4) is 0 Å². The van der Waals surface area contributed by atoms with Gasteiger partial charge in [-0.15, -0.1) is 0 Å². The topological polar surface area (TPSA) is 0 Å². The molecule has 0 aliphatic heterocycles. The van der Waals surface area contributed by atoms with Crippen molar-refractivity contribution in [3.8, 4) is 0 Å². The summed E-state index contributed by atoms with van der Waals surface area (Å²) in [6.07, 6.45) is 0. The molecule has 0 amide bonds. The fourth-order valence-electron chi connectivity index (χ4n) is 1.02. The molecule has 54 valence electrons. The first-order valence-corrected chi connectivity index (χ1v) is 10.4. The van der Waals surface area contributed by atoms with Crippen molar-refractivity contribution in [3.63, 3.8) is 0 Å². The van der Waals surface area contributed by atoms with Crippen molar-refractivity contribution < 1.29 is 0 Å². The summed E-state index contributed by atoms with van der Waals surface area (Å²) in [5.41, 5.74) is 2.46. The molecule has 0 spiro atoms. The van der Waals surface area contributed by atoms with Crippen LogP contribution in [0, 0.1) is 0 Å². The molecular formula is C8H14Si2. The summed E-state index contributed by atoms with van der Waals surface area (Å²) < 4.78 is 0. The number of rotatable bonds is 2. The average Bonchev–Trinajstić information content (AvgIpc) is 2.05. The van der Waals surface area contributed by atoms with Gasteiger partial charge in [0, 0.05) is 9.04 Å². The van der Waals surface area contributed by atoms with Gasteiger partial charge in [0.15, 0.2) is 0 Å². The lowest BCUT2D eigenvalue weighted by molar-refractivity contribution is 1.08. The molecule has 1 atom stereocenters. The highest BCUT2D eigenvalue weighted by molar-refractivity contribution is 6.90. The number of hydrogen-bond acceptors (Lipinski definition) is 0. The number of hydrogen-bond donors (Lipinski definition) is 0. The van der Waals surface area contributed by atoms with Crippen LogP contribution in [-0.4, -0.2) is 18.8 Å². The summed E-state index contributed by atoms with van der Waals surface area (Å²) in [4.78, 5) is 0. The van der Waals surface area contributed by atoms with Gasteiger partial charge in [0.05, 0.1) is 0 Å². The van der Waals surface area contributed by atoms with Gasteiger partial charge in [0.1, 0.15) is 0 Å². The van der Waals surface area contributed by atoms with Crippen LogP contribution in [0.15, 0.2) is 30.3 Å². The lowest BCUT2D eigenvalue weighted by atomic mass is 10.2. The van der Waals surface area contributed by atoms with Crippen LogP contribution in [0.4, 0.5) is 0 Å². The van der Waals surface area contributed by atoms with Crippen molar-refractivity contribution in [2.24, 2.45) is 0 Å². The van der Waals surface area contributed by atoms with Gasteiger partial charge in [-0.3, -0.25) is 0 Å². The van der Waals surface area contributed by atoms with Crippen molar-refractivity contribution in [2.45, 2.75) is 12.5 Å². The van der Waals surface area contributed by atoms with Crippen LogP contribution >= 0.6 is 0 Å². The molecule has 0 radical (unpaired) electrons. The zero-order valence-corrected chi connectivity index (χ0v) is 10.1. The summed E-state index contributed by atoms with van der Waals surface area (Å²) in [5, 5.41) is 0. The monoisotopic (exact) mass is 166 g/mol. The first-order valence-electron chi connectivity index (χ1n) is 3.89. The van der Waals surface area contributed by atoms with E-state index in [1.807, 2.05) is 0 Å². The minimum absolute atomic E-state index is 0.279. The minimum Gasteiger partial charge on any atom is -0.0622 e. The van der Waals surface area contributed by atoms with Crippen molar-refractivity contribution in [2.75, 3.05) is 0 Å².